The highest BCUT2D eigenvalue weighted by Crippen LogP contribution is 2.14. The lowest BCUT2D eigenvalue weighted by molar-refractivity contribution is -0.00880. The second kappa shape index (κ2) is 13.0. The Kier molecular flexibility index (Phi) is 11.1. The van der Waals surface area contributed by atoms with E-state index < -0.39 is 29.4 Å². The maximum atomic E-state index is 12.4. The minimum atomic E-state index is -0.995. The predicted molar refractivity (Wildman–Crippen MR) is 120 cm³/mol. The number of carboxylic acids is 1. The van der Waals surface area contributed by atoms with Gasteiger partial charge in [-0.1, -0.05) is 0 Å². The lowest BCUT2D eigenvalue weighted by Gasteiger charge is -2.28. The van der Waals surface area contributed by atoms with Crippen LogP contribution >= 0.6 is 0 Å². The molecule has 10 nitrogen and oxygen atoms in total. The van der Waals surface area contributed by atoms with Crippen molar-refractivity contribution < 1.29 is 43.2 Å². The van der Waals surface area contributed by atoms with Crippen molar-refractivity contribution in [1.29, 1.82) is 0 Å². The Morgan fingerprint density at radius 1 is 0.758 bits per heavy atom. The number of carbonyl (C=O) groups is 3. The molecule has 33 heavy (non-hydrogen) atoms. The normalized spacial score (nSPS) is 11.6. The molecule has 1 aromatic rings. The summed E-state index contributed by atoms with van der Waals surface area (Å²) in [4.78, 5) is 36.4. The van der Waals surface area contributed by atoms with Crippen LogP contribution in [0.2, 0.25) is 0 Å². The molecule has 186 valence electrons. The Bertz CT molecular complexity index is 736. The molecule has 1 N–H and O–H groups in total. The van der Waals surface area contributed by atoms with Gasteiger partial charge in [-0.15, -0.1) is 0 Å². The van der Waals surface area contributed by atoms with Crippen LogP contribution in [0.1, 0.15) is 51.9 Å². The number of benzene rings is 1. The van der Waals surface area contributed by atoms with Crippen LogP contribution in [-0.4, -0.2) is 78.9 Å². The number of ether oxygens (including phenoxy) is 5. The summed E-state index contributed by atoms with van der Waals surface area (Å²) in [6.45, 7) is 11.5. The number of carboxylic acid groups (broad SMARTS) is 1. The van der Waals surface area contributed by atoms with E-state index in [1.165, 1.54) is 12.1 Å². The molecule has 0 aliphatic rings. The van der Waals surface area contributed by atoms with Gasteiger partial charge < -0.3 is 28.8 Å². The smallest absolute Gasteiger partial charge is 0.419 e. The molecule has 0 bridgehead atoms. The first-order valence-corrected chi connectivity index (χ1v) is 10.6. The largest absolute Gasteiger partial charge is 0.491 e. The molecule has 0 aliphatic heterocycles. The van der Waals surface area contributed by atoms with Gasteiger partial charge in [-0.25, -0.2) is 19.3 Å². The second-order valence-electron chi connectivity index (χ2n) is 9.02. The van der Waals surface area contributed by atoms with Crippen molar-refractivity contribution in [2.24, 2.45) is 0 Å². The molecule has 0 aromatic heterocycles. The van der Waals surface area contributed by atoms with Gasteiger partial charge in [0.2, 0.25) is 0 Å². The minimum Gasteiger partial charge on any atom is -0.491 e. The first kappa shape index (κ1) is 28.2. The molecule has 0 atom stereocenters. The van der Waals surface area contributed by atoms with E-state index >= 15 is 0 Å². The zero-order valence-corrected chi connectivity index (χ0v) is 20.2. The van der Waals surface area contributed by atoms with Gasteiger partial charge >= 0.3 is 18.2 Å². The number of hydrogen-bond acceptors (Lipinski definition) is 8. The first-order chi connectivity index (χ1) is 15.3. The van der Waals surface area contributed by atoms with Crippen molar-refractivity contribution in [3.63, 3.8) is 0 Å². The average Bonchev–Trinajstić information content (AvgIpc) is 2.66. The highest BCUT2D eigenvalue weighted by Gasteiger charge is 2.30. The zero-order chi connectivity index (χ0) is 25.1. The number of amides is 2. The molecule has 0 saturated heterocycles. The number of hydrogen-bond donors (Lipinski definition) is 1. The van der Waals surface area contributed by atoms with Crippen LogP contribution in [0.25, 0.3) is 0 Å². The summed E-state index contributed by atoms with van der Waals surface area (Å²) in [7, 11) is 0. The predicted octanol–water partition coefficient (Wildman–Crippen LogP) is 3.97. The maximum absolute atomic E-state index is 12.4. The van der Waals surface area contributed by atoms with Crippen LogP contribution in [0.3, 0.4) is 0 Å². The molecule has 0 fully saturated rings. The molecular formula is C23H35NO9. The Morgan fingerprint density at radius 3 is 1.67 bits per heavy atom. The molecular weight excluding hydrogens is 434 g/mol. The van der Waals surface area contributed by atoms with E-state index in [9.17, 15) is 14.4 Å². The third-order valence-corrected chi connectivity index (χ3v) is 3.66. The van der Waals surface area contributed by atoms with Gasteiger partial charge in [0.1, 0.15) is 23.6 Å². The minimum absolute atomic E-state index is 0.0285. The molecule has 0 spiro atoms. The van der Waals surface area contributed by atoms with Crippen molar-refractivity contribution in [2.45, 2.75) is 52.7 Å². The molecule has 0 aliphatic carbocycles. The number of imide groups is 1. The van der Waals surface area contributed by atoms with Crippen molar-refractivity contribution in [2.75, 3.05) is 39.6 Å². The first-order valence-electron chi connectivity index (χ1n) is 10.6. The number of carbonyl (C=O) groups excluding carboxylic acids is 2. The van der Waals surface area contributed by atoms with Gasteiger partial charge in [-0.3, -0.25) is 0 Å². The van der Waals surface area contributed by atoms with Crippen molar-refractivity contribution in [1.82, 2.24) is 4.90 Å². The van der Waals surface area contributed by atoms with Gasteiger partial charge in [-0.2, -0.15) is 0 Å². The van der Waals surface area contributed by atoms with E-state index in [0.717, 1.165) is 4.90 Å². The SMILES string of the molecule is CC(C)(C)OC(=O)N(CCOCCOCCOc1ccc(C(=O)O)cc1)C(=O)OC(C)(C)C. The monoisotopic (exact) mass is 469 g/mol. The highest BCUT2D eigenvalue weighted by atomic mass is 16.6. The summed E-state index contributed by atoms with van der Waals surface area (Å²) < 4.78 is 26.9. The number of rotatable bonds is 11. The van der Waals surface area contributed by atoms with E-state index in [2.05, 4.69) is 0 Å². The average molecular weight is 470 g/mol. The quantitative estimate of drug-likeness (QED) is 0.480. The van der Waals surface area contributed by atoms with Crippen molar-refractivity contribution >= 4 is 18.2 Å². The summed E-state index contributed by atoms with van der Waals surface area (Å²) in [5, 5.41) is 8.86. The van der Waals surface area contributed by atoms with Crippen LogP contribution < -0.4 is 4.74 Å². The third kappa shape index (κ3) is 12.7. The van der Waals surface area contributed by atoms with Gasteiger partial charge in [0, 0.05) is 0 Å². The lowest BCUT2D eigenvalue weighted by Crippen LogP contribution is -2.45. The zero-order valence-electron chi connectivity index (χ0n) is 20.2. The van der Waals surface area contributed by atoms with Gasteiger partial charge in [-0.05, 0) is 65.8 Å². The molecule has 0 unspecified atom stereocenters. The van der Waals surface area contributed by atoms with Crippen LogP contribution in [-0.2, 0) is 18.9 Å². The summed E-state index contributed by atoms with van der Waals surface area (Å²) in [5.74, 6) is -0.450. The van der Waals surface area contributed by atoms with Gasteiger partial charge in [0.15, 0.2) is 0 Å². The standard InChI is InChI=1S/C23H35NO9/c1-22(2,3)32-20(27)24(21(28)33-23(4,5)6)11-12-29-13-14-30-15-16-31-18-9-7-17(8-10-18)19(25)26/h7-10H,11-16H2,1-6H3,(H,25,26). The third-order valence-electron chi connectivity index (χ3n) is 3.66. The van der Waals surface area contributed by atoms with Crippen LogP contribution in [0, 0.1) is 0 Å². The lowest BCUT2D eigenvalue weighted by atomic mass is 10.2. The maximum Gasteiger partial charge on any atom is 0.419 e. The van der Waals surface area contributed by atoms with Crippen molar-refractivity contribution in [3.8, 4) is 5.75 Å². The fourth-order valence-corrected chi connectivity index (χ4v) is 2.28. The van der Waals surface area contributed by atoms with E-state index in [-0.39, 0.29) is 31.9 Å². The fourth-order valence-electron chi connectivity index (χ4n) is 2.28. The summed E-state index contributed by atoms with van der Waals surface area (Å²) >= 11 is 0. The Labute approximate surface area is 194 Å². The molecule has 2 amide bonds. The molecule has 1 rings (SSSR count). The van der Waals surface area contributed by atoms with Crippen molar-refractivity contribution in [3.05, 3.63) is 29.8 Å². The van der Waals surface area contributed by atoms with Crippen LogP contribution in [0.15, 0.2) is 24.3 Å². The van der Waals surface area contributed by atoms with Crippen LogP contribution in [0.4, 0.5) is 9.59 Å². The summed E-state index contributed by atoms with van der Waals surface area (Å²) in [5.41, 5.74) is -1.33. The Hall–Kier alpha value is -2.85. The van der Waals surface area contributed by atoms with Gasteiger partial charge in [0.05, 0.1) is 38.5 Å². The fraction of sp³-hybridized carbons (Fsp3) is 0.609. The topological polar surface area (TPSA) is 121 Å². The van der Waals surface area contributed by atoms with E-state index in [1.54, 1.807) is 53.7 Å². The van der Waals surface area contributed by atoms with E-state index in [1.807, 2.05) is 0 Å². The molecule has 0 radical (unpaired) electrons. The van der Waals surface area contributed by atoms with E-state index in [0.29, 0.717) is 19.0 Å². The molecule has 0 saturated carbocycles. The Balaban J connectivity index is 2.30. The van der Waals surface area contributed by atoms with Gasteiger partial charge in [0.25, 0.3) is 0 Å². The molecule has 0 heterocycles. The summed E-state index contributed by atoms with van der Waals surface area (Å²) in [6.07, 6.45) is -1.60. The van der Waals surface area contributed by atoms with E-state index in [4.69, 9.17) is 28.8 Å². The highest BCUT2D eigenvalue weighted by molar-refractivity contribution is 5.88. The van der Waals surface area contributed by atoms with Crippen LogP contribution in [0.5, 0.6) is 5.75 Å². The molecule has 1 aromatic carbocycles. The summed E-state index contributed by atoms with van der Waals surface area (Å²) in [6, 6.07) is 6.08. The second-order valence-corrected chi connectivity index (χ2v) is 9.02. The molecule has 10 heteroatoms. The Morgan fingerprint density at radius 2 is 1.21 bits per heavy atom. The number of nitrogens with zero attached hydrogens (tertiary/aromatic N) is 1. The number of aromatic carboxylic acids is 1.